The van der Waals surface area contributed by atoms with Crippen molar-refractivity contribution in [3.8, 4) is 0 Å². The Hall–Kier alpha value is -2.25. The monoisotopic (exact) mass is 417 g/mol. The molecule has 1 fully saturated rings. The van der Waals surface area contributed by atoms with Crippen molar-refractivity contribution in [3.63, 3.8) is 0 Å². The zero-order chi connectivity index (χ0) is 20.8. The van der Waals surface area contributed by atoms with Gasteiger partial charge in [-0.25, -0.2) is 4.39 Å². The average molecular weight is 418 g/mol. The van der Waals surface area contributed by atoms with Gasteiger partial charge < -0.3 is 15.1 Å². The van der Waals surface area contributed by atoms with Crippen molar-refractivity contribution in [1.29, 1.82) is 0 Å². The number of halogens is 1. The van der Waals surface area contributed by atoms with Crippen LogP contribution in [0.25, 0.3) is 0 Å². The Morgan fingerprint density at radius 1 is 1.28 bits per heavy atom. The van der Waals surface area contributed by atoms with Gasteiger partial charge in [0.05, 0.1) is 18.4 Å². The van der Waals surface area contributed by atoms with E-state index in [0.29, 0.717) is 19.6 Å². The van der Waals surface area contributed by atoms with Gasteiger partial charge in [-0.1, -0.05) is 12.1 Å². The molecule has 2 aromatic rings. The van der Waals surface area contributed by atoms with Gasteiger partial charge in [-0.2, -0.15) is 11.3 Å². The Morgan fingerprint density at radius 2 is 2.03 bits per heavy atom. The molecular weight excluding hydrogens is 389 g/mol. The first-order chi connectivity index (χ1) is 13.9. The lowest BCUT2D eigenvalue weighted by Gasteiger charge is -2.33. The van der Waals surface area contributed by atoms with Gasteiger partial charge in [0.25, 0.3) is 0 Å². The summed E-state index contributed by atoms with van der Waals surface area (Å²) < 4.78 is 13.0. The van der Waals surface area contributed by atoms with E-state index < -0.39 is 0 Å². The maximum absolute atomic E-state index is 13.0. The van der Waals surface area contributed by atoms with E-state index in [2.05, 4.69) is 21.7 Å². The van der Waals surface area contributed by atoms with Crippen LogP contribution in [0.2, 0.25) is 0 Å². The molecule has 1 aliphatic rings. The molecule has 1 aromatic heterocycles. The molecule has 0 bridgehead atoms. The summed E-state index contributed by atoms with van der Waals surface area (Å²) in [6.45, 7) is 1.65. The molecule has 0 spiro atoms. The predicted molar refractivity (Wildman–Crippen MR) is 113 cm³/mol. The number of carbonyl (C=O) groups is 2. The highest BCUT2D eigenvalue weighted by molar-refractivity contribution is 7.07. The summed E-state index contributed by atoms with van der Waals surface area (Å²) in [5.41, 5.74) is 1.98. The van der Waals surface area contributed by atoms with Crippen LogP contribution in [-0.4, -0.2) is 55.3 Å². The molecule has 5 nitrogen and oxygen atoms in total. The summed E-state index contributed by atoms with van der Waals surface area (Å²) >= 11 is 1.65. The third kappa shape index (κ3) is 5.87. The van der Waals surface area contributed by atoms with Crippen molar-refractivity contribution < 1.29 is 14.0 Å². The number of nitrogens with one attached hydrogen (secondary N) is 1. The van der Waals surface area contributed by atoms with Gasteiger partial charge in [0.2, 0.25) is 11.8 Å². The van der Waals surface area contributed by atoms with Gasteiger partial charge in [0.15, 0.2) is 0 Å². The summed E-state index contributed by atoms with van der Waals surface area (Å²) in [5, 5.41) is 7.23. The molecule has 3 rings (SSSR count). The first kappa shape index (κ1) is 21.5. The minimum atomic E-state index is -0.311. The maximum Gasteiger partial charge on any atom is 0.227 e. The third-order valence-electron chi connectivity index (χ3n) is 5.43. The van der Waals surface area contributed by atoms with Crippen LogP contribution < -0.4 is 5.32 Å². The Balaban J connectivity index is 1.53. The van der Waals surface area contributed by atoms with Gasteiger partial charge >= 0.3 is 0 Å². The summed E-state index contributed by atoms with van der Waals surface area (Å²) in [5.74, 6) is -0.509. The minimum Gasteiger partial charge on any atom is -0.354 e. The number of rotatable bonds is 7. The smallest absolute Gasteiger partial charge is 0.227 e. The van der Waals surface area contributed by atoms with Crippen LogP contribution in [0.5, 0.6) is 0 Å². The third-order valence-corrected chi connectivity index (χ3v) is 6.14. The number of likely N-dealkylation sites (tertiary alicyclic amines) is 1. The van der Waals surface area contributed by atoms with Crippen LogP contribution in [0.1, 0.15) is 30.0 Å². The van der Waals surface area contributed by atoms with Crippen LogP contribution >= 0.6 is 11.3 Å². The van der Waals surface area contributed by atoms with Crippen molar-refractivity contribution >= 4 is 23.2 Å². The lowest BCUT2D eigenvalue weighted by molar-refractivity contribution is -0.135. The number of benzene rings is 1. The Bertz CT molecular complexity index is 808. The van der Waals surface area contributed by atoms with Gasteiger partial charge in [0, 0.05) is 19.6 Å². The normalized spacial score (nSPS) is 17.9. The summed E-state index contributed by atoms with van der Waals surface area (Å²) in [6.07, 6.45) is 1.83. The van der Waals surface area contributed by atoms with E-state index in [0.717, 1.165) is 18.4 Å². The standard InChI is InChI=1S/C22H28FN3O2S/c1-25(2)20(18-9-11-29-15-18)13-24-22(28)17-4-3-10-26(14-17)21(27)12-16-5-7-19(23)8-6-16/h5-9,11,15,17,20H,3-4,10,12-14H2,1-2H3,(H,24,28)/t17-,20-/m0/s1. The minimum absolute atomic E-state index is 0.00589. The summed E-state index contributed by atoms with van der Waals surface area (Å²) in [6, 6.07) is 8.20. The van der Waals surface area contributed by atoms with E-state index in [4.69, 9.17) is 0 Å². The van der Waals surface area contributed by atoms with E-state index in [1.807, 2.05) is 19.5 Å². The largest absolute Gasteiger partial charge is 0.354 e. The van der Waals surface area contributed by atoms with Gasteiger partial charge in [-0.3, -0.25) is 9.59 Å². The van der Waals surface area contributed by atoms with Crippen molar-refractivity contribution in [2.75, 3.05) is 33.7 Å². The molecule has 2 heterocycles. The number of carbonyl (C=O) groups excluding carboxylic acids is 2. The fourth-order valence-corrected chi connectivity index (χ4v) is 4.42. The molecule has 7 heteroatoms. The number of hydrogen-bond acceptors (Lipinski definition) is 4. The molecule has 1 aliphatic heterocycles. The SMILES string of the molecule is CN(C)[C@@H](CNC(=O)[C@H]1CCCN(C(=O)Cc2ccc(F)cc2)C1)c1ccsc1. The lowest BCUT2D eigenvalue weighted by atomic mass is 9.96. The van der Waals surface area contributed by atoms with Crippen LogP contribution in [0.15, 0.2) is 41.1 Å². The number of hydrogen-bond donors (Lipinski definition) is 1. The molecule has 1 saturated heterocycles. The highest BCUT2D eigenvalue weighted by Gasteiger charge is 2.29. The first-order valence-corrected chi connectivity index (χ1v) is 10.9. The second-order valence-corrected chi connectivity index (χ2v) is 8.54. The number of piperidine rings is 1. The van der Waals surface area contributed by atoms with Gasteiger partial charge in [-0.15, -0.1) is 0 Å². The zero-order valence-corrected chi connectivity index (χ0v) is 17.8. The van der Waals surface area contributed by atoms with Crippen molar-refractivity contribution in [1.82, 2.24) is 15.1 Å². The molecule has 29 heavy (non-hydrogen) atoms. The molecule has 0 saturated carbocycles. The molecular formula is C22H28FN3O2S. The molecule has 1 N–H and O–H groups in total. The second-order valence-electron chi connectivity index (χ2n) is 7.76. The van der Waals surface area contributed by atoms with Crippen LogP contribution in [-0.2, 0) is 16.0 Å². The Kier molecular flexibility index (Phi) is 7.39. The number of nitrogens with zero attached hydrogens (tertiary/aromatic N) is 2. The number of likely N-dealkylation sites (N-methyl/N-ethyl adjacent to an activating group) is 1. The van der Waals surface area contributed by atoms with E-state index in [9.17, 15) is 14.0 Å². The van der Waals surface area contributed by atoms with Gasteiger partial charge in [0.1, 0.15) is 5.82 Å². The van der Waals surface area contributed by atoms with Crippen LogP contribution in [0, 0.1) is 11.7 Å². The van der Waals surface area contributed by atoms with Crippen molar-refractivity contribution in [2.45, 2.75) is 25.3 Å². The fourth-order valence-electron chi connectivity index (χ4n) is 3.71. The van der Waals surface area contributed by atoms with E-state index in [1.54, 1.807) is 28.4 Å². The highest BCUT2D eigenvalue weighted by Crippen LogP contribution is 2.21. The first-order valence-electron chi connectivity index (χ1n) is 9.92. The van der Waals surface area contributed by atoms with Crippen LogP contribution in [0.4, 0.5) is 4.39 Å². The van der Waals surface area contributed by atoms with Gasteiger partial charge in [-0.05, 0) is 67.0 Å². The molecule has 0 unspecified atom stereocenters. The molecule has 156 valence electrons. The van der Waals surface area contributed by atoms with E-state index >= 15 is 0 Å². The fraction of sp³-hybridized carbons (Fsp3) is 0.455. The molecule has 1 aromatic carbocycles. The second kappa shape index (κ2) is 9.98. The Labute approximate surface area is 175 Å². The molecule has 2 amide bonds. The van der Waals surface area contributed by atoms with E-state index in [1.165, 1.54) is 17.7 Å². The zero-order valence-electron chi connectivity index (χ0n) is 16.9. The predicted octanol–water partition coefficient (Wildman–Crippen LogP) is 3.09. The lowest BCUT2D eigenvalue weighted by Crippen LogP contribution is -2.47. The quantitative estimate of drug-likeness (QED) is 0.753. The van der Waals surface area contributed by atoms with Crippen molar-refractivity contribution in [2.24, 2.45) is 5.92 Å². The Morgan fingerprint density at radius 3 is 2.69 bits per heavy atom. The highest BCUT2D eigenvalue weighted by atomic mass is 32.1. The average Bonchev–Trinajstić information content (AvgIpc) is 3.24. The molecule has 0 aliphatic carbocycles. The number of amides is 2. The molecule has 0 radical (unpaired) electrons. The van der Waals surface area contributed by atoms with Crippen LogP contribution in [0.3, 0.4) is 0 Å². The van der Waals surface area contributed by atoms with E-state index in [-0.39, 0.29) is 36.0 Å². The summed E-state index contributed by atoms with van der Waals surface area (Å²) in [4.78, 5) is 29.2. The van der Waals surface area contributed by atoms with Crippen molar-refractivity contribution in [3.05, 3.63) is 58.0 Å². The molecule has 2 atom stereocenters. The number of thiophene rings is 1. The maximum atomic E-state index is 13.0. The topological polar surface area (TPSA) is 52.7 Å². The summed E-state index contributed by atoms with van der Waals surface area (Å²) in [7, 11) is 4.01.